The van der Waals surface area contributed by atoms with Gasteiger partial charge in [0.15, 0.2) is 17.5 Å². The van der Waals surface area contributed by atoms with E-state index in [0.29, 0.717) is 22.7 Å². The van der Waals surface area contributed by atoms with Gasteiger partial charge in [0.05, 0.1) is 11.1 Å². The van der Waals surface area contributed by atoms with Crippen LogP contribution >= 0.6 is 11.8 Å². The summed E-state index contributed by atoms with van der Waals surface area (Å²) in [6.45, 7) is 5.24. The number of fused-ring (bicyclic) bond motifs is 2. The van der Waals surface area contributed by atoms with Crippen LogP contribution in [0.1, 0.15) is 40.7 Å². The summed E-state index contributed by atoms with van der Waals surface area (Å²) in [5.41, 5.74) is 4.39. The van der Waals surface area contributed by atoms with E-state index in [2.05, 4.69) is 40.7 Å². The Morgan fingerprint density at radius 2 is 2.00 bits per heavy atom. The normalized spacial score (nSPS) is 27.2. The summed E-state index contributed by atoms with van der Waals surface area (Å²) in [7, 11) is 0. The zero-order valence-corrected chi connectivity index (χ0v) is 17.3. The largest absolute Gasteiger partial charge is 0.382 e. The average molecular weight is 432 g/mol. The van der Waals surface area contributed by atoms with Gasteiger partial charge in [0, 0.05) is 36.0 Å². The van der Waals surface area contributed by atoms with Gasteiger partial charge in [-0.3, -0.25) is 0 Å². The van der Waals surface area contributed by atoms with Crippen molar-refractivity contribution in [3.63, 3.8) is 0 Å². The Morgan fingerprint density at radius 3 is 2.83 bits per heavy atom. The fourth-order valence-corrected chi connectivity index (χ4v) is 6.36. The Balaban J connectivity index is 1.38. The molecule has 2 aromatic rings. The monoisotopic (exact) mass is 431 g/mol. The topological polar surface area (TPSA) is 36.1 Å². The standard InChI is InChI=1S/C23H24F3N3S/c1-2-4-20-27-11-19(30-20)13-5-3-6-17-12(13)7-8-18(29-17)15-10-28-23-14(15)9-16(24)21(25)22(23)26/h2-3,5-6,9,15,18-20,27-29H,1,4,7-8,10-11H2. The second-order valence-corrected chi connectivity index (χ2v) is 9.56. The molecule has 0 bridgehead atoms. The summed E-state index contributed by atoms with van der Waals surface area (Å²) < 4.78 is 41.6. The number of halogens is 3. The van der Waals surface area contributed by atoms with Crippen molar-refractivity contribution in [3.05, 3.63) is 71.1 Å². The summed E-state index contributed by atoms with van der Waals surface area (Å²) in [5.74, 6) is -3.77. The number of thioether (sulfide) groups is 1. The van der Waals surface area contributed by atoms with Crippen LogP contribution in [0.25, 0.3) is 0 Å². The molecule has 158 valence electrons. The maximum absolute atomic E-state index is 14.1. The summed E-state index contributed by atoms with van der Waals surface area (Å²) >= 11 is 1.94. The van der Waals surface area contributed by atoms with Crippen LogP contribution in [-0.4, -0.2) is 24.5 Å². The molecule has 4 unspecified atom stereocenters. The number of nitrogens with one attached hydrogen (secondary N) is 3. The maximum Gasteiger partial charge on any atom is 0.196 e. The van der Waals surface area contributed by atoms with E-state index in [9.17, 15) is 13.2 Å². The number of hydrogen-bond acceptors (Lipinski definition) is 4. The second-order valence-electron chi connectivity index (χ2n) is 8.15. The number of benzene rings is 2. The second kappa shape index (κ2) is 7.85. The van der Waals surface area contributed by atoms with E-state index in [-0.39, 0.29) is 17.6 Å². The van der Waals surface area contributed by atoms with E-state index in [4.69, 9.17) is 0 Å². The molecule has 1 saturated heterocycles. The van der Waals surface area contributed by atoms with Crippen LogP contribution in [0, 0.1) is 17.5 Å². The fourth-order valence-electron chi connectivity index (χ4n) is 4.97. The van der Waals surface area contributed by atoms with Crippen molar-refractivity contribution < 1.29 is 13.2 Å². The summed E-state index contributed by atoms with van der Waals surface area (Å²) in [4.78, 5) is 0. The van der Waals surface area contributed by atoms with Gasteiger partial charge in [-0.1, -0.05) is 18.2 Å². The molecule has 0 radical (unpaired) electrons. The van der Waals surface area contributed by atoms with Gasteiger partial charge in [0.1, 0.15) is 0 Å². The zero-order chi connectivity index (χ0) is 20.8. The van der Waals surface area contributed by atoms with E-state index in [0.717, 1.165) is 37.6 Å². The molecule has 0 aromatic heterocycles. The quantitative estimate of drug-likeness (QED) is 0.452. The highest BCUT2D eigenvalue weighted by atomic mass is 32.2. The lowest BCUT2D eigenvalue weighted by molar-refractivity contribution is 0.447. The minimum absolute atomic E-state index is 0.0358. The van der Waals surface area contributed by atoms with Crippen molar-refractivity contribution in [3.8, 4) is 0 Å². The molecule has 30 heavy (non-hydrogen) atoms. The van der Waals surface area contributed by atoms with Gasteiger partial charge in [0.2, 0.25) is 0 Å². The molecular weight excluding hydrogens is 407 g/mol. The van der Waals surface area contributed by atoms with Crippen molar-refractivity contribution >= 4 is 23.1 Å². The summed E-state index contributed by atoms with van der Waals surface area (Å²) in [6, 6.07) is 7.53. The summed E-state index contributed by atoms with van der Waals surface area (Å²) in [6.07, 6.45) is 4.66. The molecule has 3 heterocycles. The first kappa shape index (κ1) is 19.8. The smallest absolute Gasteiger partial charge is 0.196 e. The lowest BCUT2D eigenvalue weighted by atomic mass is 9.84. The van der Waals surface area contributed by atoms with Crippen LogP contribution in [0.15, 0.2) is 36.9 Å². The lowest BCUT2D eigenvalue weighted by Gasteiger charge is -2.33. The number of anilines is 2. The molecule has 0 amide bonds. The third-order valence-corrected chi connectivity index (χ3v) is 7.86. The maximum atomic E-state index is 14.1. The average Bonchev–Trinajstić information content (AvgIpc) is 3.39. The number of hydrogen-bond donors (Lipinski definition) is 3. The van der Waals surface area contributed by atoms with Gasteiger partial charge in [-0.25, -0.2) is 13.2 Å². The van der Waals surface area contributed by atoms with E-state index in [1.807, 2.05) is 17.8 Å². The highest BCUT2D eigenvalue weighted by molar-refractivity contribution is 8.00. The van der Waals surface area contributed by atoms with Gasteiger partial charge in [-0.15, -0.1) is 18.3 Å². The van der Waals surface area contributed by atoms with Crippen LogP contribution < -0.4 is 16.0 Å². The van der Waals surface area contributed by atoms with Crippen LogP contribution in [0.5, 0.6) is 0 Å². The Kier molecular flexibility index (Phi) is 5.19. The molecule has 2 aromatic carbocycles. The first-order valence-electron chi connectivity index (χ1n) is 10.4. The van der Waals surface area contributed by atoms with E-state index in [1.54, 1.807) is 0 Å². The van der Waals surface area contributed by atoms with Gasteiger partial charge < -0.3 is 16.0 Å². The molecule has 3 N–H and O–H groups in total. The third kappa shape index (κ3) is 3.28. The Bertz CT molecular complexity index is 996. The highest BCUT2D eigenvalue weighted by Gasteiger charge is 2.36. The predicted octanol–water partition coefficient (Wildman–Crippen LogP) is 5.32. The van der Waals surface area contributed by atoms with Crippen LogP contribution in [0.4, 0.5) is 24.5 Å². The molecule has 0 saturated carbocycles. The zero-order valence-electron chi connectivity index (χ0n) is 16.5. The van der Waals surface area contributed by atoms with Crippen molar-refractivity contribution in [1.82, 2.24) is 5.32 Å². The van der Waals surface area contributed by atoms with Crippen LogP contribution in [0.3, 0.4) is 0 Å². The van der Waals surface area contributed by atoms with Crippen molar-refractivity contribution in [2.45, 2.75) is 41.8 Å². The van der Waals surface area contributed by atoms with E-state index >= 15 is 0 Å². The SMILES string of the molecule is C=CCC1NCC(c2cccc3c2CCC(C2CNc4c2cc(F)c(F)c4F)N3)S1. The minimum atomic E-state index is -1.41. The highest BCUT2D eigenvalue weighted by Crippen LogP contribution is 2.45. The molecule has 0 spiro atoms. The molecule has 3 nitrogen and oxygen atoms in total. The molecule has 7 heteroatoms. The molecule has 0 aliphatic carbocycles. The fraction of sp³-hybridized carbons (Fsp3) is 0.391. The Hall–Kier alpha value is -2.12. The Morgan fingerprint density at radius 1 is 1.13 bits per heavy atom. The van der Waals surface area contributed by atoms with Gasteiger partial charge in [-0.05, 0) is 48.1 Å². The van der Waals surface area contributed by atoms with Crippen LogP contribution in [-0.2, 0) is 6.42 Å². The molecule has 1 fully saturated rings. The van der Waals surface area contributed by atoms with Crippen molar-refractivity contribution in [2.24, 2.45) is 0 Å². The van der Waals surface area contributed by atoms with Gasteiger partial charge >= 0.3 is 0 Å². The molecular formula is C23H24F3N3S. The van der Waals surface area contributed by atoms with Crippen LogP contribution in [0.2, 0.25) is 0 Å². The molecule has 5 rings (SSSR count). The minimum Gasteiger partial charge on any atom is -0.382 e. The van der Waals surface area contributed by atoms with Gasteiger partial charge in [0.25, 0.3) is 0 Å². The lowest BCUT2D eigenvalue weighted by Crippen LogP contribution is -2.33. The first-order chi connectivity index (χ1) is 14.6. The number of rotatable bonds is 4. The van der Waals surface area contributed by atoms with E-state index < -0.39 is 17.5 Å². The van der Waals surface area contributed by atoms with Gasteiger partial charge in [-0.2, -0.15) is 0 Å². The van der Waals surface area contributed by atoms with E-state index in [1.165, 1.54) is 11.1 Å². The molecule has 3 aliphatic heterocycles. The molecule has 3 aliphatic rings. The Labute approximate surface area is 178 Å². The summed E-state index contributed by atoms with van der Waals surface area (Å²) in [5, 5.41) is 10.9. The first-order valence-corrected chi connectivity index (χ1v) is 11.3. The predicted molar refractivity (Wildman–Crippen MR) is 117 cm³/mol. The van der Waals surface area contributed by atoms with Crippen molar-refractivity contribution in [1.29, 1.82) is 0 Å². The van der Waals surface area contributed by atoms with Crippen molar-refractivity contribution in [2.75, 3.05) is 23.7 Å². The molecule has 4 atom stereocenters. The third-order valence-electron chi connectivity index (χ3n) is 6.42.